The molecule has 0 saturated carbocycles. The molecule has 0 spiro atoms. The fourth-order valence-corrected chi connectivity index (χ4v) is 2.64. The molecule has 0 fully saturated rings. The van der Waals surface area contributed by atoms with Crippen LogP contribution < -0.4 is 0 Å². The molecule has 2 aromatic rings. The molecule has 0 saturated heterocycles. The Balaban J connectivity index is 2.59. The fourth-order valence-electron chi connectivity index (χ4n) is 2.64. The van der Waals surface area contributed by atoms with Gasteiger partial charge in [0, 0.05) is 0 Å². The van der Waals surface area contributed by atoms with Crippen LogP contribution in [-0.4, -0.2) is 0 Å². The van der Waals surface area contributed by atoms with Crippen molar-refractivity contribution in [2.24, 2.45) is 0 Å². The van der Waals surface area contributed by atoms with Crippen molar-refractivity contribution >= 4 is 0 Å². The lowest BCUT2D eigenvalue weighted by Crippen LogP contribution is -2.03. The Morgan fingerprint density at radius 1 is 0.800 bits per heavy atom. The lowest BCUT2D eigenvalue weighted by atomic mass is 9.87. The second-order valence-corrected chi connectivity index (χ2v) is 6.14. The van der Waals surface area contributed by atoms with Crippen LogP contribution >= 0.6 is 0 Å². The molecule has 0 aliphatic carbocycles. The maximum Gasteiger partial charge on any atom is 0.127 e. The summed E-state index contributed by atoms with van der Waals surface area (Å²) in [6.07, 6.45) is 0. The molecule has 0 heterocycles. The molecular formula is C19H23F. The summed E-state index contributed by atoms with van der Waals surface area (Å²) in [4.78, 5) is 0. The van der Waals surface area contributed by atoms with Gasteiger partial charge in [0.15, 0.2) is 0 Å². The summed E-state index contributed by atoms with van der Waals surface area (Å²) in [6.45, 7) is 10.4. The molecule has 20 heavy (non-hydrogen) atoms. The summed E-state index contributed by atoms with van der Waals surface area (Å²) in [6, 6.07) is 12.1. The summed E-state index contributed by atoms with van der Waals surface area (Å²) >= 11 is 0. The molecule has 0 atom stereocenters. The maximum atomic E-state index is 14.5. The van der Waals surface area contributed by atoms with E-state index in [1.807, 2.05) is 0 Å². The molecule has 106 valence electrons. The van der Waals surface area contributed by atoms with Crippen molar-refractivity contribution in [1.82, 2.24) is 0 Å². The van der Waals surface area contributed by atoms with E-state index in [2.05, 4.69) is 65.0 Å². The SMILES string of the molecule is Cc1ccc(-c2cc(F)c(C(C)C)c(C(C)C)c2)cc1. The van der Waals surface area contributed by atoms with Crippen LogP contribution in [0.15, 0.2) is 36.4 Å². The van der Waals surface area contributed by atoms with Crippen LogP contribution in [0.5, 0.6) is 0 Å². The summed E-state index contributed by atoms with van der Waals surface area (Å²) in [5.41, 5.74) is 5.24. The van der Waals surface area contributed by atoms with Crippen LogP contribution in [0.2, 0.25) is 0 Å². The molecular weight excluding hydrogens is 247 g/mol. The van der Waals surface area contributed by atoms with Crippen LogP contribution in [-0.2, 0) is 0 Å². The number of hydrogen-bond donors (Lipinski definition) is 0. The van der Waals surface area contributed by atoms with Gasteiger partial charge >= 0.3 is 0 Å². The zero-order chi connectivity index (χ0) is 14.9. The molecule has 0 nitrogen and oxygen atoms in total. The Morgan fingerprint density at radius 3 is 1.90 bits per heavy atom. The van der Waals surface area contributed by atoms with Crippen molar-refractivity contribution in [3.8, 4) is 11.1 Å². The van der Waals surface area contributed by atoms with Crippen LogP contribution in [0.1, 0.15) is 56.2 Å². The van der Waals surface area contributed by atoms with Crippen LogP contribution in [0.3, 0.4) is 0 Å². The Morgan fingerprint density at radius 2 is 1.40 bits per heavy atom. The van der Waals surface area contributed by atoms with Gasteiger partial charge in [0.05, 0.1) is 0 Å². The first-order valence-electron chi connectivity index (χ1n) is 7.30. The summed E-state index contributed by atoms with van der Waals surface area (Å²) < 4.78 is 14.5. The molecule has 0 aliphatic heterocycles. The van der Waals surface area contributed by atoms with E-state index < -0.39 is 0 Å². The summed E-state index contributed by atoms with van der Waals surface area (Å²) in [5.74, 6) is 0.452. The summed E-state index contributed by atoms with van der Waals surface area (Å²) in [7, 11) is 0. The van der Waals surface area contributed by atoms with Crippen molar-refractivity contribution in [1.29, 1.82) is 0 Å². The van der Waals surface area contributed by atoms with Gasteiger partial charge in [-0.25, -0.2) is 4.39 Å². The highest BCUT2D eigenvalue weighted by atomic mass is 19.1. The van der Waals surface area contributed by atoms with Gasteiger partial charge in [-0.05, 0) is 47.1 Å². The average Bonchev–Trinajstić information content (AvgIpc) is 2.37. The first kappa shape index (κ1) is 14.8. The molecule has 0 radical (unpaired) electrons. The molecule has 0 amide bonds. The van der Waals surface area contributed by atoms with Gasteiger partial charge in [0.1, 0.15) is 5.82 Å². The van der Waals surface area contributed by atoms with E-state index in [4.69, 9.17) is 0 Å². The molecule has 2 rings (SSSR count). The first-order valence-corrected chi connectivity index (χ1v) is 7.30. The third kappa shape index (κ3) is 2.92. The Hall–Kier alpha value is -1.63. The van der Waals surface area contributed by atoms with Gasteiger partial charge in [-0.2, -0.15) is 0 Å². The van der Waals surface area contributed by atoms with E-state index in [1.165, 1.54) is 5.56 Å². The Labute approximate surface area is 121 Å². The topological polar surface area (TPSA) is 0 Å². The second-order valence-electron chi connectivity index (χ2n) is 6.14. The zero-order valence-electron chi connectivity index (χ0n) is 13.0. The van der Waals surface area contributed by atoms with Crippen molar-refractivity contribution < 1.29 is 4.39 Å². The minimum absolute atomic E-state index is 0.0817. The van der Waals surface area contributed by atoms with Gasteiger partial charge in [0.25, 0.3) is 0 Å². The highest BCUT2D eigenvalue weighted by molar-refractivity contribution is 5.66. The number of hydrogen-bond acceptors (Lipinski definition) is 0. The molecule has 1 heteroatoms. The number of rotatable bonds is 3. The third-order valence-corrected chi connectivity index (χ3v) is 3.75. The lowest BCUT2D eigenvalue weighted by Gasteiger charge is -2.18. The standard InChI is InChI=1S/C19H23F/c1-12(2)17-10-16(11-18(20)19(17)13(3)4)15-8-6-14(5)7-9-15/h6-13H,1-5H3. The number of aryl methyl sites for hydroxylation is 1. The Bertz CT molecular complexity index is 592. The summed E-state index contributed by atoms with van der Waals surface area (Å²) in [5, 5.41) is 0. The van der Waals surface area contributed by atoms with E-state index in [-0.39, 0.29) is 11.7 Å². The van der Waals surface area contributed by atoms with Crippen molar-refractivity contribution in [2.75, 3.05) is 0 Å². The van der Waals surface area contributed by atoms with Crippen molar-refractivity contribution in [2.45, 2.75) is 46.5 Å². The predicted octanol–water partition coefficient (Wildman–Crippen LogP) is 6.05. The molecule has 0 bridgehead atoms. The van der Waals surface area contributed by atoms with Crippen LogP contribution in [0, 0.1) is 12.7 Å². The van der Waals surface area contributed by atoms with E-state index in [0.29, 0.717) is 5.92 Å². The van der Waals surface area contributed by atoms with Gasteiger partial charge in [-0.3, -0.25) is 0 Å². The molecule has 0 aliphatic rings. The van der Waals surface area contributed by atoms with E-state index >= 15 is 0 Å². The van der Waals surface area contributed by atoms with Crippen molar-refractivity contribution in [3.05, 3.63) is 58.9 Å². The molecule has 0 N–H and O–H groups in total. The normalized spacial score (nSPS) is 11.4. The minimum atomic E-state index is -0.0817. The minimum Gasteiger partial charge on any atom is -0.207 e. The largest absolute Gasteiger partial charge is 0.207 e. The number of benzene rings is 2. The van der Waals surface area contributed by atoms with Crippen LogP contribution in [0.4, 0.5) is 4.39 Å². The quantitative estimate of drug-likeness (QED) is 0.637. The fraction of sp³-hybridized carbons (Fsp3) is 0.368. The highest BCUT2D eigenvalue weighted by Crippen LogP contribution is 2.33. The molecule has 2 aromatic carbocycles. The smallest absolute Gasteiger partial charge is 0.127 e. The van der Waals surface area contributed by atoms with Crippen molar-refractivity contribution in [3.63, 3.8) is 0 Å². The third-order valence-electron chi connectivity index (χ3n) is 3.75. The van der Waals surface area contributed by atoms with Gasteiger partial charge in [0.2, 0.25) is 0 Å². The molecule has 0 unspecified atom stereocenters. The highest BCUT2D eigenvalue weighted by Gasteiger charge is 2.16. The second kappa shape index (κ2) is 5.78. The van der Waals surface area contributed by atoms with E-state index in [9.17, 15) is 4.39 Å². The van der Waals surface area contributed by atoms with Gasteiger partial charge < -0.3 is 0 Å². The average molecular weight is 270 g/mol. The Kier molecular flexibility index (Phi) is 4.27. The van der Waals surface area contributed by atoms with E-state index in [1.54, 1.807) is 6.07 Å². The zero-order valence-corrected chi connectivity index (χ0v) is 13.0. The van der Waals surface area contributed by atoms with Gasteiger partial charge in [-0.15, -0.1) is 0 Å². The number of halogens is 1. The van der Waals surface area contributed by atoms with Crippen LogP contribution in [0.25, 0.3) is 11.1 Å². The predicted molar refractivity (Wildman–Crippen MR) is 84.8 cm³/mol. The maximum absolute atomic E-state index is 14.5. The first-order chi connectivity index (χ1) is 9.40. The monoisotopic (exact) mass is 270 g/mol. The molecule has 0 aromatic heterocycles. The van der Waals surface area contributed by atoms with E-state index in [0.717, 1.165) is 22.3 Å². The van der Waals surface area contributed by atoms with Gasteiger partial charge in [-0.1, -0.05) is 63.6 Å². The lowest BCUT2D eigenvalue weighted by molar-refractivity contribution is 0.590.